The van der Waals surface area contributed by atoms with Crippen LogP contribution in [0.15, 0.2) is 41.9 Å². The van der Waals surface area contributed by atoms with Crippen molar-refractivity contribution >= 4 is 61.4 Å². The molecule has 1 atom stereocenters. The number of amides is 2. The minimum absolute atomic E-state index is 0.316. The van der Waals surface area contributed by atoms with Gasteiger partial charge in [-0.3, -0.25) is 19.8 Å². The third kappa shape index (κ3) is 2.93. The van der Waals surface area contributed by atoms with Crippen LogP contribution in [-0.2, 0) is 9.59 Å². The number of carbonyl (C=O) groups is 2. The van der Waals surface area contributed by atoms with Gasteiger partial charge in [-0.05, 0) is 36.9 Å². The molecule has 4 aromatic rings. The molecular weight excluding hydrogens is 448 g/mol. The Morgan fingerprint density at radius 3 is 2.79 bits per heavy atom. The number of fused-ring (bicyclic) bond motifs is 3. The molecule has 0 unspecified atom stereocenters. The number of piperazine rings is 1. The molecule has 3 aliphatic heterocycles. The van der Waals surface area contributed by atoms with Crippen LogP contribution in [0.5, 0.6) is 0 Å². The van der Waals surface area contributed by atoms with Gasteiger partial charge in [0.25, 0.3) is 11.8 Å². The number of rotatable bonds is 3. The Morgan fingerprint density at radius 1 is 0.971 bits per heavy atom. The topological polar surface area (TPSA) is 94.2 Å². The number of aromatic amines is 1. The van der Waals surface area contributed by atoms with Gasteiger partial charge < -0.3 is 9.88 Å². The van der Waals surface area contributed by atoms with Crippen molar-refractivity contribution in [2.24, 2.45) is 0 Å². The van der Waals surface area contributed by atoms with Crippen molar-refractivity contribution in [3.63, 3.8) is 0 Å². The first-order valence-corrected chi connectivity index (χ1v) is 12.5. The second-order valence-electron chi connectivity index (χ2n) is 9.07. The number of benzene rings is 1. The van der Waals surface area contributed by atoms with Gasteiger partial charge in [0.05, 0.1) is 22.4 Å². The van der Waals surface area contributed by atoms with Gasteiger partial charge in [-0.15, -0.1) is 11.3 Å². The second-order valence-corrected chi connectivity index (χ2v) is 9.98. The molecule has 2 amide bonds. The van der Waals surface area contributed by atoms with E-state index in [0.717, 1.165) is 52.9 Å². The minimum Gasteiger partial charge on any atom is -0.352 e. The number of hydrogen-bond acceptors (Lipinski definition) is 7. The zero-order chi connectivity index (χ0) is 22.8. The van der Waals surface area contributed by atoms with E-state index in [1.54, 1.807) is 17.5 Å². The summed E-state index contributed by atoms with van der Waals surface area (Å²) < 4.78 is 0. The van der Waals surface area contributed by atoms with E-state index in [1.807, 2.05) is 35.7 Å². The Kier molecular flexibility index (Phi) is 4.37. The quantitative estimate of drug-likeness (QED) is 0.447. The largest absolute Gasteiger partial charge is 0.352 e. The van der Waals surface area contributed by atoms with E-state index in [1.165, 1.54) is 12.8 Å². The first-order valence-electron chi connectivity index (χ1n) is 11.6. The molecule has 2 saturated heterocycles. The fourth-order valence-corrected chi connectivity index (χ4v) is 6.33. The number of anilines is 1. The fourth-order valence-electron chi connectivity index (χ4n) is 5.56. The van der Waals surface area contributed by atoms with Crippen molar-refractivity contribution in [2.75, 3.05) is 31.1 Å². The van der Waals surface area contributed by atoms with E-state index in [0.29, 0.717) is 28.8 Å². The summed E-state index contributed by atoms with van der Waals surface area (Å²) in [6, 6.07) is 10.2. The minimum atomic E-state index is -0.417. The normalized spacial score (nSPS) is 21.2. The standard InChI is InChI=1S/C25H22N6O2S/c32-22-19(17-12-26-24-15(17)7-11-34-24)20(23(33)29-22)21-16-5-1-2-6-18(16)27-25(28-21)31-10-9-30-8-3-4-14(30)13-31/h1-2,5-7,11-12,14,26H,3-4,8-10,13H2,(H,29,32,33)/t14-/m1/s1. The highest BCUT2D eigenvalue weighted by atomic mass is 32.1. The van der Waals surface area contributed by atoms with Gasteiger partial charge in [-0.25, -0.2) is 9.97 Å². The molecule has 2 N–H and O–H groups in total. The van der Waals surface area contributed by atoms with Gasteiger partial charge in [0.1, 0.15) is 4.83 Å². The highest BCUT2D eigenvalue weighted by Crippen LogP contribution is 2.38. The monoisotopic (exact) mass is 470 g/mol. The second kappa shape index (κ2) is 7.48. The molecule has 170 valence electrons. The lowest BCUT2D eigenvalue weighted by Crippen LogP contribution is -2.50. The molecule has 0 aliphatic carbocycles. The smallest absolute Gasteiger partial charge is 0.261 e. The zero-order valence-electron chi connectivity index (χ0n) is 18.4. The Hall–Kier alpha value is -3.56. The molecule has 7 rings (SSSR count). The number of imide groups is 1. The molecule has 3 aliphatic rings. The Balaban J connectivity index is 1.43. The molecule has 3 aromatic heterocycles. The molecule has 1 aromatic carbocycles. The van der Waals surface area contributed by atoms with Crippen LogP contribution in [-0.4, -0.2) is 63.9 Å². The first kappa shape index (κ1) is 19.9. The summed E-state index contributed by atoms with van der Waals surface area (Å²) >= 11 is 1.57. The number of aromatic nitrogens is 3. The predicted molar refractivity (Wildman–Crippen MR) is 132 cm³/mol. The lowest BCUT2D eigenvalue weighted by molar-refractivity contribution is -0.122. The van der Waals surface area contributed by atoms with Gasteiger partial charge in [0, 0.05) is 48.2 Å². The summed E-state index contributed by atoms with van der Waals surface area (Å²) in [5.74, 6) is -0.190. The van der Waals surface area contributed by atoms with E-state index >= 15 is 0 Å². The van der Waals surface area contributed by atoms with Crippen LogP contribution in [0, 0.1) is 0 Å². The van der Waals surface area contributed by atoms with Crippen LogP contribution < -0.4 is 10.2 Å². The van der Waals surface area contributed by atoms with Crippen LogP contribution in [0.2, 0.25) is 0 Å². The van der Waals surface area contributed by atoms with Crippen LogP contribution in [0.4, 0.5) is 5.95 Å². The van der Waals surface area contributed by atoms with E-state index in [9.17, 15) is 9.59 Å². The average Bonchev–Trinajstić information content (AvgIpc) is 3.62. The highest BCUT2D eigenvalue weighted by Gasteiger charge is 2.37. The molecule has 2 fully saturated rings. The zero-order valence-corrected chi connectivity index (χ0v) is 19.2. The predicted octanol–water partition coefficient (Wildman–Crippen LogP) is 3.02. The van der Waals surface area contributed by atoms with E-state index in [4.69, 9.17) is 9.97 Å². The van der Waals surface area contributed by atoms with Gasteiger partial charge >= 0.3 is 0 Å². The van der Waals surface area contributed by atoms with Gasteiger partial charge in [-0.2, -0.15) is 0 Å². The molecule has 6 heterocycles. The number of H-pyrrole nitrogens is 1. The Morgan fingerprint density at radius 2 is 1.85 bits per heavy atom. The van der Waals surface area contributed by atoms with Crippen molar-refractivity contribution in [3.8, 4) is 0 Å². The van der Waals surface area contributed by atoms with Crippen LogP contribution >= 0.6 is 11.3 Å². The van der Waals surface area contributed by atoms with Gasteiger partial charge in [-0.1, -0.05) is 18.2 Å². The van der Waals surface area contributed by atoms with Crippen molar-refractivity contribution < 1.29 is 9.59 Å². The maximum absolute atomic E-state index is 13.2. The molecule has 0 bridgehead atoms. The summed E-state index contributed by atoms with van der Waals surface area (Å²) in [6.45, 7) is 3.87. The van der Waals surface area contributed by atoms with E-state index in [-0.39, 0.29) is 0 Å². The average molecular weight is 471 g/mol. The maximum atomic E-state index is 13.2. The molecular formula is C25H22N6O2S. The maximum Gasteiger partial charge on any atom is 0.261 e. The van der Waals surface area contributed by atoms with Crippen molar-refractivity contribution in [3.05, 3.63) is 53.2 Å². The lowest BCUT2D eigenvalue weighted by Gasteiger charge is -2.37. The lowest BCUT2D eigenvalue weighted by atomic mass is 9.97. The number of nitrogens with zero attached hydrogens (tertiary/aromatic N) is 4. The summed E-state index contributed by atoms with van der Waals surface area (Å²) in [6.07, 6.45) is 4.22. The summed E-state index contributed by atoms with van der Waals surface area (Å²) in [5, 5.41) is 6.18. The number of thiophene rings is 1. The van der Waals surface area contributed by atoms with Crippen LogP contribution in [0.25, 0.3) is 32.3 Å². The SMILES string of the molecule is O=C1NC(=O)C(c2c[nH]c3sccc23)=C1c1nc(N2CCN3CCC[C@@H]3C2)nc2ccccc12. The molecule has 34 heavy (non-hydrogen) atoms. The third-order valence-corrected chi connectivity index (χ3v) is 8.05. The molecule has 9 heteroatoms. The van der Waals surface area contributed by atoms with Crippen LogP contribution in [0.1, 0.15) is 24.1 Å². The van der Waals surface area contributed by atoms with Crippen molar-refractivity contribution in [1.82, 2.24) is 25.2 Å². The summed E-state index contributed by atoms with van der Waals surface area (Å²) in [5.41, 5.74) is 2.68. The van der Waals surface area contributed by atoms with Crippen molar-refractivity contribution in [2.45, 2.75) is 18.9 Å². The molecule has 8 nitrogen and oxygen atoms in total. The highest BCUT2D eigenvalue weighted by molar-refractivity contribution is 7.16. The fraction of sp³-hybridized carbons (Fsp3) is 0.280. The Labute approximate surface area is 199 Å². The molecule has 0 saturated carbocycles. The first-order chi connectivity index (χ1) is 16.7. The number of para-hydroxylation sites is 1. The van der Waals surface area contributed by atoms with Crippen LogP contribution in [0.3, 0.4) is 0 Å². The summed E-state index contributed by atoms with van der Waals surface area (Å²) in [4.78, 5) is 45.0. The van der Waals surface area contributed by atoms with Gasteiger partial charge in [0.15, 0.2) is 0 Å². The van der Waals surface area contributed by atoms with Gasteiger partial charge in [0.2, 0.25) is 5.95 Å². The molecule has 0 radical (unpaired) electrons. The molecule has 0 spiro atoms. The third-order valence-electron chi connectivity index (χ3n) is 7.20. The van der Waals surface area contributed by atoms with E-state index in [2.05, 4.69) is 20.1 Å². The number of nitrogens with one attached hydrogen (secondary N) is 2. The Bertz CT molecular complexity index is 1520. The van der Waals surface area contributed by atoms with Crippen molar-refractivity contribution in [1.29, 1.82) is 0 Å². The number of carbonyl (C=O) groups excluding carboxylic acids is 2. The summed E-state index contributed by atoms with van der Waals surface area (Å²) in [7, 11) is 0. The number of hydrogen-bond donors (Lipinski definition) is 2. The van der Waals surface area contributed by atoms with E-state index < -0.39 is 11.8 Å².